The van der Waals surface area contributed by atoms with Gasteiger partial charge in [-0.2, -0.15) is 0 Å². The smallest absolute Gasteiger partial charge is 0.303 e. The number of hydrogen-bond donors (Lipinski definition) is 8. The summed E-state index contributed by atoms with van der Waals surface area (Å²) in [5.74, 6) is -0.931. The summed E-state index contributed by atoms with van der Waals surface area (Å²) in [5, 5.41) is 87.3. The molecule has 8 rings (SSSR count). The van der Waals surface area contributed by atoms with Crippen molar-refractivity contribution in [3.05, 3.63) is 0 Å². The molecule has 15 nitrogen and oxygen atoms in total. The summed E-state index contributed by atoms with van der Waals surface area (Å²) in [5.41, 5.74) is -3.32. The Balaban J connectivity index is 1.15. The van der Waals surface area contributed by atoms with Gasteiger partial charge in [0.25, 0.3) is 0 Å². The average molecular weight is 827 g/mol. The van der Waals surface area contributed by atoms with Crippen molar-refractivity contribution >= 4 is 5.97 Å². The summed E-state index contributed by atoms with van der Waals surface area (Å²) >= 11 is 0. The lowest BCUT2D eigenvalue weighted by atomic mass is 9.41. The zero-order valence-corrected chi connectivity index (χ0v) is 35.5. The number of ether oxygens (including phenoxy) is 6. The number of fused-ring (bicyclic) bond motifs is 2. The number of carbonyl (C=O) groups is 1. The number of aliphatic hydroxyl groups excluding tert-OH is 7. The number of rotatable bonds is 8. The molecule has 2 spiro atoms. The van der Waals surface area contributed by atoms with Crippen molar-refractivity contribution in [3.8, 4) is 0 Å². The molecule has 8 aliphatic rings. The van der Waals surface area contributed by atoms with Crippen molar-refractivity contribution in [2.45, 2.75) is 204 Å². The van der Waals surface area contributed by atoms with E-state index in [1.165, 1.54) is 6.92 Å². The molecule has 3 heterocycles. The average Bonchev–Trinajstić information content (AvgIpc) is 3.50. The van der Waals surface area contributed by atoms with Crippen LogP contribution in [0.1, 0.15) is 113 Å². The summed E-state index contributed by atoms with van der Waals surface area (Å²) in [6.07, 6.45) is -7.66. The van der Waals surface area contributed by atoms with Gasteiger partial charge >= 0.3 is 5.97 Å². The molecular weight excluding hydrogens is 756 g/mol. The molecule has 0 bridgehead atoms. The van der Waals surface area contributed by atoms with Crippen LogP contribution < -0.4 is 0 Å². The SMILES string of the molecule is CC(=O)O[C@H]1[C@H](O[C@H]2CC[C@]34C[C@]35CC[C@]3(C)[C@@H]([C@@]6(C)CC[C@H](C(C)(C)O)O6)[C@@H](O)C[C@@]3(C)[C@@H]5C[C@H](O[C@@H]3O[C@H](CO)[C@@H](O)[C@H](O)[C@H]3O)[C@H]4C2(C)C)OC[C@@H](O)[C@@H]1O. The van der Waals surface area contributed by atoms with Gasteiger partial charge in [0.1, 0.15) is 36.6 Å². The van der Waals surface area contributed by atoms with E-state index in [1.54, 1.807) is 13.8 Å². The second kappa shape index (κ2) is 14.2. The summed E-state index contributed by atoms with van der Waals surface area (Å²) in [7, 11) is 0. The van der Waals surface area contributed by atoms with Gasteiger partial charge in [-0.3, -0.25) is 4.79 Å². The third-order valence-electron chi connectivity index (χ3n) is 17.9. The third-order valence-corrected chi connectivity index (χ3v) is 17.9. The van der Waals surface area contributed by atoms with Gasteiger partial charge in [-0.1, -0.05) is 27.7 Å². The van der Waals surface area contributed by atoms with Crippen LogP contribution in [0, 0.1) is 44.8 Å². The molecule has 15 heteroatoms. The highest BCUT2D eigenvalue weighted by molar-refractivity contribution is 5.66. The van der Waals surface area contributed by atoms with Crippen LogP contribution in [-0.2, 0) is 33.2 Å². The molecule has 3 aliphatic heterocycles. The van der Waals surface area contributed by atoms with Crippen molar-refractivity contribution in [3.63, 3.8) is 0 Å². The maximum absolute atomic E-state index is 12.2. The summed E-state index contributed by atoms with van der Waals surface area (Å²) in [6, 6.07) is 0. The molecule has 332 valence electrons. The fourth-order valence-corrected chi connectivity index (χ4v) is 15.2. The van der Waals surface area contributed by atoms with Gasteiger partial charge in [-0.15, -0.1) is 0 Å². The van der Waals surface area contributed by atoms with E-state index in [1.807, 2.05) is 0 Å². The lowest BCUT2D eigenvalue weighted by Crippen LogP contribution is -2.65. The Bertz CT molecular complexity index is 1570. The van der Waals surface area contributed by atoms with Gasteiger partial charge in [-0.25, -0.2) is 0 Å². The first-order chi connectivity index (χ1) is 26.9. The molecule has 8 N–H and O–H groups in total. The molecule has 5 saturated carbocycles. The largest absolute Gasteiger partial charge is 0.454 e. The van der Waals surface area contributed by atoms with Crippen molar-refractivity contribution in [1.82, 2.24) is 0 Å². The maximum Gasteiger partial charge on any atom is 0.303 e. The lowest BCUT2D eigenvalue weighted by molar-refractivity contribution is -0.339. The van der Waals surface area contributed by atoms with Crippen LogP contribution in [0.5, 0.6) is 0 Å². The molecule has 0 amide bonds. The van der Waals surface area contributed by atoms with E-state index < -0.39 is 103 Å². The van der Waals surface area contributed by atoms with Gasteiger partial charge in [0.05, 0.1) is 48.8 Å². The van der Waals surface area contributed by atoms with E-state index in [0.717, 1.165) is 32.1 Å². The van der Waals surface area contributed by atoms with Crippen LogP contribution in [0.2, 0.25) is 0 Å². The van der Waals surface area contributed by atoms with Gasteiger partial charge in [-0.05, 0) is 117 Å². The first-order valence-electron chi connectivity index (χ1n) is 21.8. The van der Waals surface area contributed by atoms with Crippen molar-refractivity contribution < 1.29 is 74.1 Å². The maximum atomic E-state index is 12.2. The summed E-state index contributed by atoms with van der Waals surface area (Å²) in [4.78, 5) is 12.1. The van der Waals surface area contributed by atoms with E-state index >= 15 is 0 Å². The fourth-order valence-electron chi connectivity index (χ4n) is 15.2. The Hall–Kier alpha value is -1.05. The van der Waals surface area contributed by atoms with Crippen molar-refractivity contribution in [2.24, 2.45) is 44.8 Å². The minimum atomic E-state index is -1.62. The normalized spacial score (nSPS) is 56.1. The van der Waals surface area contributed by atoms with Gasteiger partial charge < -0.3 is 69.3 Å². The number of hydrogen-bond acceptors (Lipinski definition) is 15. The Morgan fingerprint density at radius 3 is 2.14 bits per heavy atom. The van der Waals surface area contributed by atoms with Crippen molar-refractivity contribution in [2.75, 3.05) is 13.2 Å². The van der Waals surface area contributed by atoms with Crippen LogP contribution in [0.4, 0.5) is 0 Å². The molecule has 0 aromatic rings. The zero-order chi connectivity index (χ0) is 42.3. The van der Waals surface area contributed by atoms with E-state index in [9.17, 15) is 45.6 Å². The van der Waals surface area contributed by atoms with E-state index in [2.05, 4.69) is 34.6 Å². The third kappa shape index (κ3) is 6.17. The number of aliphatic hydroxyl groups is 8. The summed E-state index contributed by atoms with van der Waals surface area (Å²) < 4.78 is 37.8. The lowest BCUT2D eigenvalue weighted by Gasteiger charge is -2.65. The topological polar surface area (TPSA) is 234 Å². The molecule has 8 fully saturated rings. The molecule has 0 unspecified atom stereocenters. The van der Waals surface area contributed by atoms with Crippen LogP contribution in [-0.4, -0.2) is 151 Å². The van der Waals surface area contributed by atoms with Crippen LogP contribution in [0.3, 0.4) is 0 Å². The standard InChI is InChI=1S/C43H70O15/c1-20(45)54-32-28(48)22(47)18-53-36(32)57-26-10-12-43-19-42(43)14-13-39(6)33(41(8)11-9-27(58-41)38(4,5)52)21(46)16-40(39,7)25(42)15-23(34(43)37(26,2)3)55-35-31(51)30(50)29(49)24(17-44)56-35/h21-36,44,46-52H,9-19H2,1-8H3/t21-,22+,23-,24+,25-,26-,27+,28-,29+,30-,31+,32+,33-,34-,35+,36-,39+,40-,41+,42-,43+/m0/s1. The van der Waals surface area contributed by atoms with Crippen LogP contribution in [0.15, 0.2) is 0 Å². The molecule has 58 heavy (non-hydrogen) atoms. The monoisotopic (exact) mass is 826 g/mol. The molecule has 3 saturated heterocycles. The molecular formula is C43H70O15. The Labute approximate surface area is 341 Å². The van der Waals surface area contributed by atoms with E-state index in [-0.39, 0.29) is 52.1 Å². The minimum absolute atomic E-state index is 0.0829. The predicted octanol–water partition coefficient (Wildman–Crippen LogP) is 1.29. The minimum Gasteiger partial charge on any atom is -0.454 e. The highest BCUT2D eigenvalue weighted by Gasteiger charge is 2.85. The molecule has 0 radical (unpaired) electrons. The highest BCUT2D eigenvalue weighted by Crippen LogP contribution is 2.89. The Kier molecular flexibility index (Phi) is 10.7. The Morgan fingerprint density at radius 2 is 1.50 bits per heavy atom. The first-order valence-corrected chi connectivity index (χ1v) is 21.8. The second-order valence-corrected chi connectivity index (χ2v) is 21.6. The van der Waals surface area contributed by atoms with E-state index in [4.69, 9.17) is 28.4 Å². The summed E-state index contributed by atoms with van der Waals surface area (Å²) in [6.45, 7) is 15.0. The number of carbonyl (C=O) groups excluding carboxylic acids is 1. The first kappa shape index (κ1) is 43.6. The van der Waals surface area contributed by atoms with Crippen molar-refractivity contribution in [1.29, 1.82) is 0 Å². The molecule has 5 aliphatic carbocycles. The fraction of sp³-hybridized carbons (Fsp3) is 0.977. The number of esters is 1. The van der Waals surface area contributed by atoms with E-state index in [0.29, 0.717) is 25.7 Å². The Morgan fingerprint density at radius 1 is 0.793 bits per heavy atom. The van der Waals surface area contributed by atoms with Gasteiger partial charge in [0, 0.05) is 12.8 Å². The second-order valence-electron chi connectivity index (χ2n) is 21.6. The quantitative estimate of drug-likeness (QED) is 0.127. The van der Waals surface area contributed by atoms with Crippen LogP contribution >= 0.6 is 0 Å². The van der Waals surface area contributed by atoms with Gasteiger partial charge in [0.15, 0.2) is 18.7 Å². The predicted molar refractivity (Wildman–Crippen MR) is 203 cm³/mol. The molecule has 21 atom stereocenters. The van der Waals surface area contributed by atoms with Gasteiger partial charge in [0.2, 0.25) is 0 Å². The molecule has 0 aromatic carbocycles. The van der Waals surface area contributed by atoms with Crippen LogP contribution in [0.25, 0.3) is 0 Å². The highest BCUT2D eigenvalue weighted by atomic mass is 16.7. The zero-order valence-electron chi connectivity index (χ0n) is 35.5. The molecule has 0 aromatic heterocycles.